The Kier molecular flexibility index (Phi) is 3.49. The van der Waals surface area contributed by atoms with Crippen molar-refractivity contribution in [2.45, 2.75) is 6.92 Å². The van der Waals surface area contributed by atoms with Crippen LogP contribution in [0.2, 0.25) is 0 Å². The molecule has 0 aliphatic carbocycles. The Morgan fingerprint density at radius 2 is 2.00 bits per heavy atom. The Hall–Kier alpha value is -3.10. The van der Waals surface area contributed by atoms with Crippen molar-refractivity contribution in [1.82, 2.24) is 14.8 Å². The SMILES string of the molecule is CC(=O)c1ccc(F)c(-n2nc(C(=O)O)c(=O)[nH]c2=O)c1. The van der Waals surface area contributed by atoms with Crippen molar-refractivity contribution in [3.05, 3.63) is 56.1 Å². The van der Waals surface area contributed by atoms with Crippen LogP contribution in [0, 0.1) is 5.82 Å². The number of aromatic nitrogens is 3. The van der Waals surface area contributed by atoms with Crippen molar-refractivity contribution >= 4 is 11.8 Å². The van der Waals surface area contributed by atoms with Crippen LogP contribution in [-0.4, -0.2) is 31.6 Å². The van der Waals surface area contributed by atoms with Crippen LogP contribution in [0.5, 0.6) is 0 Å². The Morgan fingerprint density at radius 1 is 1.33 bits per heavy atom. The number of nitrogens with zero attached hydrogens (tertiary/aromatic N) is 2. The number of hydrogen-bond donors (Lipinski definition) is 2. The number of hydrogen-bond acceptors (Lipinski definition) is 5. The molecule has 0 aliphatic rings. The number of Topliss-reactive ketones (excluding diaryl/α,β-unsaturated/α-hetero) is 1. The molecule has 0 fully saturated rings. The Morgan fingerprint density at radius 3 is 2.57 bits per heavy atom. The van der Waals surface area contributed by atoms with E-state index in [9.17, 15) is 23.6 Å². The van der Waals surface area contributed by atoms with Crippen molar-refractivity contribution in [2.75, 3.05) is 0 Å². The van der Waals surface area contributed by atoms with E-state index in [-0.39, 0.29) is 11.3 Å². The predicted molar refractivity (Wildman–Crippen MR) is 67.4 cm³/mol. The summed E-state index contributed by atoms with van der Waals surface area (Å²) in [5, 5.41) is 12.1. The number of ketones is 1. The molecule has 1 heterocycles. The highest BCUT2D eigenvalue weighted by Crippen LogP contribution is 2.13. The van der Waals surface area contributed by atoms with Crippen molar-refractivity contribution in [2.24, 2.45) is 0 Å². The molecule has 2 N–H and O–H groups in total. The molecule has 0 saturated heterocycles. The summed E-state index contributed by atoms with van der Waals surface area (Å²) in [4.78, 5) is 46.7. The van der Waals surface area contributed by atoms with Gasteiger partial charge < -0.3 is 5.11 Å². The normalized spacial score (nSPS) is 10.4. The molecule has 0 amide bonds. The van der Waals surface area contributed by atoms with E-state index in [0.29, 0.717) is 4.68 Å². The van der Waals surface area contributed by atoms with Crippen LogP contribution < -0.4 is 11.2 Å². The van der Waals surface area contributed by atoms with Gasteiger partial charge in [-0.2, -0.15) is 9.78 Å². The molecule has 8 nitrogen and oxygen atoms in total. The van der Waals surface area contributed by atoms with Crippen molar-refractivity contribution in [1.29, 1.82) is 0 Å². The minimum absolute atomic E-state index is 0.100. The standard InChI is InChI=1S/C12H8FN3O5/c1-5(17)6-2-3-7(13)8(4-6)16-12(21)14-10(18)9(15-16)11(19)20/h2-4H,1H3,(H,19,20)(H,14,18,21). The highest BCUT2D eigenvalue weighted by molar-refractivity contribution is 5.94. The molecule has 0 bridgehead atoms. The second kappa shape index (κ2) is 5.12. The van der Waals surface area contributed by atoms with Gasteiger partial charge >= 0.3 is 11.7 Å². The number of carbonyl (C=O) groups is 2. The van der Waals surface area contributed by atoms with Gasteiger partial charge in [0.15, 0.2) is 5.78 Å². The zero-order valence-corrected chi connectivity index (χ0v) is 10.6. The number of benzene rings is 1. The molecule has 0 spiro atoms. The fourth-order valence-electron chi connectivity index (χ4n) is 1.60. The fraction of sp³-hybridized carbons (Fsp3) is 0.0833. The number of H-pyrrole nitrogens is 1. The number of nitrogens with one attached hydrogen (secondary N) is 1. The highest BCUT2D eigenvalue weighted by Gasteiger charge is 2.17. The molecular weight excluding hydrogens is 285 g/mol. The minimum atomic E-state index is -1.67. The Labute approximate surface area is 115 Å². The van der Waals surface area contributed by atoms with Gasteiger partial charge in [-0.05, 0) is 25.1 Å². The molecular formula is C12H8FN3O5. The lowest BCUT2D eigenvalue weighted by molar-refractivity contribution is 0.0685. The largest absolute Gasteiger partial charge is 0.476 e. The molecule has 0 radical (unpaired) electrons. The number of carboxylic acid groups (broad SMARTS) is 1. The van der Waals surface area contributed by atoms with Gasteiger partial charge in [0, 0.05) is 5.56 Å². The molecule has 1 aromatic heterocycles. The smallest absolute Gasteiger partial charge is 0.362 e. The van der Waals surface area contributed by atoms with Crippen LogP contribution in [-0.2, 0) is 0 Å². The first-order chi connectivity index (χ1) is 9.81. The number of halogens is 1. The van der Waals surface area contributed by atoms with E-state index in [1.807, 2.05) is 0 Å². The summed E-state index contributed by atoms with van der Waals surface area (Å²) in [6, 6.07) is 3.18. The fourth-order valence-corrected chi connectivity index (χ4v) is 1.60. The molecule has 0 atom stereocenters. The van der Waals surface area contributed by atoms with Gasteiger partial charge in [-0.3, -0.25) is 14.6 Å². The second-order valence-electron chi connectivity index (χ2n) is 4.05. The van der Waals surface area contributed by atoms with Crippen LogP contribution in [0.15, 0.2) is 27.8 Å². The Bertz CT molecular complexity index is 868. The van der Waals surface area contributed by atoms with E-state index in [1.165, 1.54) is 13.0 Å². The lowest BCUT2D eigenvalue weighted by Crippen LogP contribution is -2.36. The van der Waals surface area contributed by atoms with Crippen LogP contribution in [0.4, 0.5) is 4.39 Å². The van der Waals surface area contributed by atoms with Crippen molar-refractivity contribution in [3.63, 3.8) is 0 Å². The third-order valence-corrected chi connectivity index (χ3v) is 2.61. The molecule has 0 unspecified atom stereocenters. The molecule has 0 aliphatic heterocycles. The molecule has 2 aromatic rings. The Balaban J connectivity index is 2.78. The van der Waals surface area contributed by atoms with Gasteiger partial charge in [0.2, 0.25) is 5.69 Å². The minimum Gasteiger partial charge on any atom is -0.476 e. The van der Waals surface area contributed by atoms with E-state index in [1.54, 1.807) is 4.98 Å². The lowest BCUT2D eigenvalue weighted by atomic mass is 10.1. The molecule has 0 saturated carbocycles. The van der Waals surface area contributed by atoms with Gasteiger partial charge in [0.25, 0.3) is 5.56 Å². The van der Waals surface area contributed by atoms with Gasteiger partial charge in [0.05, 0.1) is 0 Å². The van der Waals surface area contributed by atoms with E-state index < -0.39 is 34.4 Å². The summed E-state index contributed by atoms with van der Waals surface area (Å²) in [7, 11) is 0. The van der Waals surface area contributed by atoms with Gasteiger partial charge in [-0.25, -0.2) is 14.0 Å². The average Bonchev–Trinajstić information content (AvgIpc) is 2.39. The molecule has 108 valence electrons. The lowest BCUT2D eigenvalue weighted by Gasteiger charge is -2.07. The monoisotopic (exact) mass is 293 g/mol. The summed E-state index contributed by atoms with van der Waals surface area (Å²) < 4.78 is 14.2. The van der Waals surface area contributed by atoms with Crippen molar-refractivity contribution < 1.29 is 19.1 Å². The van der Waals surface area contributed by atoms with E-state index in [4.69, 9.17) is 5.11 Å². The first-order valence-corrected chi connectivity index (χ1v) is 5.59. The van der Waals surface area contributed by atoms with E-state index in [0.717, 1.165) is 12.1 Å². The predicted octanol–water partition coefficient (Wildman–Crippen LogP) is -0.0393. The molecule has 2 rings (SSSR count). The van der Waals surface area contributed by atoms with Crippen molar-refractivity contribution in [3.8, 4) is 5.69 Å². The number of carbonyl (C=O) groups excluding carboxylic acids is 1. The maximum atomic E-state index is 13.8. The highest BCUT2D eigenvalue weighted by atomic mass is 19.1. The van der Waals surface area contributed by atoms with Crippen LogP contribution in [0.25, 0.3) is 5.69 Å². The van der Waals surface area contributed by atoms with E-state index in [2.05, 4.69) is 5.10 Å². The van der Waals surface area contributed by atoms with E-state index >= 15 is 0 Å². The summed E-state index contributed by atoms with van der Waals surface area (Å²) >= 11 is 0. The number of aromatic carboxylic acids is 1. The summed E-state index contributed by atoms with van der Waals surface area (Å²) in [5.41, 5.74) is -3.63. The first kappa shape index (κ1) is 14.3. The maximum absolute atomic E-state index is 13.8. The molecule has 21 heavy (non-hydrogen) atoms. The summed E-state index contributed by atoms with van der Waals surface area (Å²) in [5.74, 6) is -2.96. The zero-order valence-electron chi connectivity index (χ0n) is 10.6. The topological polar surface area (TPSA) is 122 Å². The summed E-state index contributed by atoms with van der Waals surface area (Å²) in [6.07, 6.45) is 0. The summed E-state index contributed by atoms with van der Waals surface area (Å²) in [6.45, 7) is 1.24. The average molecular weight is 293 g/mol. The number of rotatable bonds is 3. The van der Waals surface area contributed by atoms with Gasteiger partial charge in [-0.15, -0.1) is 0 Å². The van der Waals surface area contributed by atoms with Gasteiger partial charge in [-0.1, -0.05) is 0 Å². The third kappa shape index (κ3) is 2.61. The van der Waals surface area contributed by atoms with Gasteiger partial charge in [0.1, 0.15) is 11.5 Å². The maximum Gasteiger partial charge on any atom is 0.362 e. The van der Waals surface area contributed by atoms with Crippen LogP contribution in [0.3, 0.4) is 0 Å². The van der Waals surface area contributed by atoms with Crippen LogP contribution >= 0.6 is 0 Å². The zero-order chi connectivity index (χ0) is 15.7. The first-order valence-electron chi connectivity index (χ1n) is 5.59. The second-order valence-corrected chi connectivity index (χ2v) is 4.05. The van der Waals surface area contributed by atoms with Crippen LogP contribution in [0.1, 0.15) is 27.8 Å². The molecule has 9 heteroatoms. The number of carboxylic acids is 1. The third-order valence-electron chi connectivity index (χ3n) is 2.61. The number of aromatic amines is 1. The quantitative estimate of drug-likeness (QED) is 0.766. The molecule has 1 aromatic carbocycles.